The molecule has 1 amide bonds. The van der Waals surface area contributed by atoms with Crippen molar-refractivity contribution in [1.82, 2.24) is 4.90 Å². The molecule has 0 spiro atoms. The third kappa shape index (κ3) is 1.78. The average Bonchev–Trinajstić information content (AvgIpc) is 2.52. The number of hydrogen-bond donors (Lipinski definition) is 0. The third-order valence-corrected chi connectivity index (χ3v) is 2.23. The van der Waals surface area contributed by atoms with Gasteiger partial charge in [-0.05, 0) is 19.3 Å². The van der Waals surface area contributed by atoms with Gasteiger partial charge >= 0.3 is 6.09 Å². The molecular formula is C9H15NO2. The standard InChI is InChI=1S/C9H15NO2/c1-3-5-8-6-4-7-10(8)9(11)12-2/h3,8H,1,4-7H2,2H3/t8-/m0/s1. The summed E-state index contributed by atoms with van der Waals surface area (Å²) in [6.45, 7) is 4.49. The summed E-state index contributed by atoms with van der Waals surface area (Å²) in [5, 5.41) is 0. The number of methoxy groups -OCH3 is 1. The lowest BCUT2D eigenvalue weighted by atomic mass is 10.1. The molecule has 1 fully saturated rings. The fourth-order valence-electron chi connectivity index (χ4n) is 1.63. The van der Waals surface area contributed by atoms with Gasteiger partial charge in [0.25, 0.3) is 0 Å². The summed E-state index contributed by atoms with van der Waals surface area (Å²) < 4.78 is 4.66. The van der Waals surface area contributed by atoms with E-state index in [1.54, 1.807) is 4.90 Å². The second kappa shape index (κ2) is 4.14. The molecule has 1 aliphatic heterocycles. The monoisotopic (exact) mass is 169 g/mol. The molecule has 0 aromatic heterocycles. The Morgan fingerprint density at radius 1 is 1.83 bits per heavy atom. The lowest BCUT2D eigenvalue weighted by molar-refractivity contribution is 0.119. The lowest BCUT2D eigenvalue weighted by Gasteiger charge is -2.21. The molecule has 12 heavy (non-hydrogen) atoms. The van der Waals surface area contributed by atoms with Gasteiger partial charge in [0.2, 0.25) is 0 Å². The first-order valence-corrected chi connectivity index (χ1v) is 4.25. The van der Waals surface area contributed by atoms with Crippen molar-refractivity contribution < 1.29 is 9.53 Å². The fourth-order valence-corrected chi connectivity index (χ4v) is 1.63. The van der Waals surface area contributed by atoms with Crippen LogP contribution in [0.1, 0.15) is 19.3 Å². The molecule has 0 aromatic carbocycles. The molecular weight excluding hydrogens is 154 g/mol. The Bertz CT molecular complexity index is 179. The predicted octanol–water partition coefficient (Wildman–Crippen LogP) is 1.79. The van der Waals surface area contributed by atoms with Crippen LogP contribution in [0.5, 0.6) is 0 Å². The van der Waals surface area contributed by atoms with E-state index in [1.807, 2.05) is 6.08 Å². The Labute approximate surface area is 73.0 Å². The Balaban J connectivity index is 2.50. The molecule has 0 unspecified atom stereocenters. The number of carbonyl (C=O) groups is 1. The second-order valence-corrected chi connectivity index (χ2v) is 2.98. The van der Waals surface area contributed by atoms with Gasteiger partial charge in [-0.2, -0.15) is 0 Å². The largest absolute Gasteiger partial charge is 0.453 e. The van der Waals surface area contributed by atoms with E-state index < -0.39 is 0 Å². The minimum absolute atomic E-state index is 0.209. The van der Waals surface area contributed by atoms with Gasteiger partial charge in [0.1, 0.15) is 0 Å². The highest BCUT2D eigenvalue weighted by Crippen LogP contribution is 2.20. The van der Waals surface area contributed by atoms with Crippen LogP contribution in [0.4, 0.5) is 4.79 Å². The minimum atomic E-state index is -0.209. The molecule has 0 radical (unpaired) electrons. The minimum Gasteiger partial charge on any atom is -0.453 e. The molecule has 0 aromatic rings. The molecule has 3 nitrogen and oxygen atoms in total. The normalized spacial score (nSPS) is 22.4. The summed E-state index contributed by atoms with van der Waals surface area (Å²) in [7, 11) is 1.42. The molecule has 1 saturated heterocycles. The van der Waals surface area contributed by atoms with Gasteiger partial charge in [-0.1, -0.05) is 6.08 Å². The number of carbonyl (C=O) groups excluding carboxylic acids is 1. The van der Waals surface area contributed by atoms with Gasteiger partial charge in [0, 0.05) is 12.6 Å². The Morgan fingerprint density at radius 3 is 3.17 bits per heavy atom. The Morgan fingerprint density at radius 2 is 2.58 bits per heavy atom. The van der Waals surface area contributed by atoms with E-state index in [0.717, 1.165) is 25.8 Å². The van der Waals surface area contributed by atoms with Crippen molar-refractivity contribution >= 4 is 6.09 Å². The summed E-state index contributed by atoms with van der Waals surface area (Å²) in [5.74, 6) is 0. The highest BCUT2D eigenvalue weighted by molar-refractivity contribution is 5.68. The number of likely N-dealkylation sites (tertiary alicyclic amines) is 1. The van der Waals surface area contributed by atoms with Gasteiger partial charge in [-0.15, -0.1) is 6.58 Å². The molecule has 1 aliphatic rings. The SMILES string of the molecule is C=CC[C@H]1CCCN1C(=O)OC. The van der Waals surface area contributed by atoms with Crippen LogP contribution in [0.15, 0.2) is 12.7 Å². The van der Waals surface area contributed by atoms with Crippen LogP contribution < -0.4 is 0 Å². The Hall–Kier alpha value is -0.990. The zero-order valence-electron chi connectivity index (χ0n) is 7.45. The number of amides is 1. The zero-order chi connectivity index (χ0) is 8.97. The first kappa shape index (κ1) is 9.10. The quantitative estimate of drug-likeness (QED) is 0.590. The molecule has 1 heterocycles. The molecule has 0 N–H and O–H groups in total. The molecule has 1 rings (SSSR count). The molecule has 1 atom stereocenters. The van der Waals surface area contributed by atoms with Gasteiger partial charge < -0.3 is 9.64 Å². The summed E-state index contributed by atoms with van der Waals surface area (Å²) in [4.78, 5) is 12.9. The summed E-state index contributed by atoms with van der Waals surface area (Å²) >= 11 is 0. The van der Waals surface area contributed by atoms with Crippen molar-refractivity contribution in [3.63, 3.8) is 0 Å². The maximum absolute atomic E-state index is 11.2. The van der Waals surface area contributed by atoms with Crippen molar-refractivity contribution in [1.29, 1.82) is 0 Å². The van der Waals surface area contributed by atoms with E-state index in [9.17, 15) is 4.79 Å². The van der Waals surface area contributed by atoms with Gasteiger partial charge in [-0.25, -0.2) is 4.79 Å². The summed E-state index contributed by atoms with van der Waals surface area (Å²) in [5.41, 5.74) is 0. The molecule has 0 bridgehead atoms. The predicted molar refractivity (Wildman–Crippen MR) is 46.9 cm³/mol. The first-order chi connectivity index (χ1) is 5.79. The molecule has 0 aliphatic carbocycles. The van der Waals surface area contributed by atoms with Crippen molar-refractivity contribution in [3.8, 4) is 0 Å². The smallest absolute Gasteiger partial charge is 0.409 e. The van der Waals surface area contributed by atoms with Crippen LogP contribution in [0.3, 0.4) is 0 Å². The van der Waals surface area contributed by atoms with E-state index in [-0.39, 0.29) is 6.09 Å². The number of rotatable bonds is 2. The average molecular weight is 169 g/mol. The summed E-state index contributed by atoms with van der Waals surface area (Å²) in [6, 6.07) is 0.315. The number of hydrogen-bond acceptors (Lipinski definition) is 2. The van der Waals surface area contributed by atoms with E-state index in [4.69, 9.17) is 0 Å². The number of nitrogens with zero attached hydrogens (tertiary/aromatic N) is 1. The van der Waals surface area contributed by atoms with E-state index in [0.29, 0.717) is 6.04 Å². The first-order valence-electron chi connectivity index (χ1n) is 4.25. The highest BCUT2D eigenvalue weighted by Gasteiger charge is 2.27. The van der Waals surface area contributed by atoms with Crippen molar-refractivity contribution in [2.75, 3.05) is 13.7 Å². The number of ether oxygens (including phenoxy) is 1. The van der Waals surface area contributed by atoms with Gasteiger partial charge in [-0.3, -0.25) is 0 Å². The van der Waals surface area contributed by atoms with Crippen LogP contribution in [0.2, 0.25) is 0 Å². The van der Waals surface area contributed by atoms with Crippen LogP contribution in [0, 0.1) is 0 Å². The van der Waals surface area contributed by atoms with Crippen molar-refractivity contribution in [3.05, 3.63) is 12.7 Å². The van der Waals surface area contributed by atoms with Crippen molar-refractivity contribution in [2.24, 2.45) is 0 Å². The van der Waals surface area contributed by atoms with E-state index >= 15 is 0 Å². The summed E-state index contributed by atoms with van der Waals surface area (Å²) in [6.07, 6.45) is 4.66. The highest BCUT2D eigenvalue weighted by atomic mass is 16.5. The van der Waals surface area contributed by atoms with E-state index in [1.165, 1.54) is 7.11 Å². The zero-order valence-corrected chi connectivity index (χ0v) is 7.45. The van der Waals surface area contributed by atoms with Crippen molar-refractivity contribution in [2.45, 2.75) is 25.3 Å². The van der Waals surface area contributed by atoms with E-state index in [2.05, 4.69) is 11.3 Å². The maximum atomic E-state index is 11.2. The lowest BCUT2D eigenvalue weighted by Crippen LogP contribution is -2.34. The van der Waals surface area contributed by atoms with Gasteiger partial charge in [0.15, 0.2) is 0 Å². The molecule has 3 heteroatoms. The van der Waals surface area contributed by atoms with Crippen LogP contribution in [-0.2, 0) is 4.74 Å². The van der Waals surface area contributed by atoms with Crippen LogP contribution in [0.25, 0.3) is 0 Å². The maximum Gasteiger partial charge on any atom is 0.409 e. The fraction of sp³-hybridized carbons (Fsp3) is 0.667. The van der Waals surface area contributed by atoms with Gasteiger partial charge in [0.05, 0.1) is 7.11 Å². The van der Waals surface area contributed by atoms with Crippen LogP contribution >= 0.6 is 0 Å². The topological polar surface area (TPSA) is 29.5 Å². The third-order valence-electron chi connectivity index (χ3n) is 2.23. The van der Waals surface area contributed by atoms with Crippen LogP contribution in [-0.4, -0.2) is 30.7 Å². The Kier molecular flexibility index (Phi) is 3.14. The molecule has 0 saturated carbocycles. The second-order valence-electron chi connectivity index (χ2n) is 2.98. The molecule has 68 valence electrons.